The van der Waals surface area contributed by atoms with E-state index in [1.165, 1.54) is 0 Å². The molecule has 0 unspecified atom stereocenters. The van der Waals surface area contributed by atoms with Crippen LogP contribution in [0.3, 0.4) is 0 Å². The van der Waals surface area contributed by atoms with E-state index in [0.29, 0.717) is 27.6 Å². The average Bonchev–Trinajstić information content (AvgIpc) is 3.08. The Balaban J connectivity index is 1.67. The molecule has 3 aromatic rings. The van der Waals surface area contributed by atoms with E-state index in [2.05, 4.69) is 15.6 Å². The molecule has 136 valence electrons. The molecule has 0 fully saturated rings. The smallest absolute Gasteiger partial charge is 0.309 e. The van der Waals surface area contributed by atoms with Crippen LogP contribution in [0.4, 0.5) is 10.8 Å². The second-order valence-electron chi connectivity index (χ2n) is 5.57. The summed E-state index contributed by atoms with van der Waals surface area (Å²) in [4.78, 5) is 39.3. The minimum atomic E-state index is -0.986. The molecule has 0 aliphatic rings. The molecule has 2 aromatic carbocycles. The van der Waals surface area contributed by atoms with Crippen LogP contribution in [-0.4, -0.2) is 27.9 Å². The summed E-state index contributed by atoms with van der Waals surface area (Å²) in [6.45, 7) is 0. The second-order valence-corrected chi connectivity index (χ2v) is 6.43. The fourth-order valence-corrected chi connectivity index (χ4v) is 3.01. The van der Waals surface area contributed by atoms with Crippen LogP contribution in [-0.2, 0) is 11.2 Å². The lowest BCUT2D eigenvalue weighted by Gasteiger charge is -2.07. The molecule has 0 bridgehead atoms. The van der Waals surface area contributed by atoms with Crippen molar-refractivity contribution in [2.45, 2.75) is 6.42 Å². The van der Waals surface area contributed by atoms with Gasteiger partial charge in [0.15, 0.2) is 5.13 Å². The monoisotopic (exact) mass is 381 g/mol. The highest BCUT2D eigenvalue weighted by atomic mass is 32.1. The minimum absolute atomic E-state index is 0.201. The van der Waals surface area contributed by atoms with E-state index in [0.717, 1.165) is 11.3 Å². The maximum absolute atomic E-state index is 12.4. The van der Waals surface area contributed by atoms with Crippen molar-refractivity contribution in [1.82, 2.24) is 4.98 Å². The van der Waals surface area contributed by atoms with Crippen molar-refractivity contribution in [3.8, 4) is 0 Å². The number of anilines is 2. The fourth-order valence-electron chi connectivity index (χ4n) is 2.30. The number of nitrogens with one attached hydrogen (secondary N) is 2. The third-order valence-electron chi connectivity index (χ3n) is 3.52. The van der Waals surface area contributed by atoms with E-state index >= 15 is 0 Å². The number of carboxylic acid groups (broad SMARTS) is 1. The molecule has 0 spiro atoms. The van der Waals surface area contributed by atoms with Crippen LogP contribution >= 0.6 is 11.3 Å². The number of carboxylic acids is 1. The van der Waals surface area contributed by atoms with Gasteiger partial charge < -0.3 is 10.4 Å². The number of hydrogen-bond donors (Lipinski definition) is 3. The Hall–Kier alpha value is -3.52. The Morgan fingerprint density at radius 2 is 1.63 bits per heavy atom. The fraction of sp³-hybridized carbons (Fsp3) is 0.0526. The summed E-state index contributed by atoms with van der Waals surface area (Å²) in [5.41, 5.74) is 1.73. The zero-order valence-electron chi connectivity index (χ0n) is 14.0. The Labute approximate surface area is 158 Å². The van der Waals surface area contributed by atoms with Crippen LogP contribution in [0, 0.1) is 0 Å². The summed E-state index contributed by atoms with van der Waals surface area (Å²) in [6.07, 6.45) is -0.201. The van der Waals surface area contributed by atoms with Crippen LogP contribution in [0.25, 0.3) is 0 Å². The molecular weight excluding hydrogens is 366 g/mol. The van der Waals surface area contributed by atoms with Crippen molar-refractivity contribution in [2.75, 3.05) is 10.6 Å². The largest absolute Gasteiger partial charge is 0.481 e. The highest BCUT2D eigenvalue weighted by Crippen LogP contribution is 2.18. The number of carbonyl (C=O) groups is 3. The zero-order chi connectivity index (χ0) is 19.2. The van der Waals surface area contributed by atoms with E-state index in [1.54, 1.807) is 53.9 Å². The Bertz CT molecular complexity index is 985. The van der Waals surface area contributed by atoms with Crippen LogP contribution in [0.1, 0.15) is 26.4 Å². The maximum atomic E-state index is 12.4. The van der Waals surface area contributed by atoms with Gasteiger partial charge in [-0.15, -0.1) is 11.3 Å². The van der Waals surface area contributed by atoms with Crippen molar-refractivity contribution in [3.05, 3.63) is 76.8 Å². The first-order valence-corrected chi connectivity index (χ1v) is 8.83. The summed E-state index contributed by atoms with van der Waals surface area (Å²) >= 11 is 1.15. The van der Waals surface area contributed by atoms with Gasteiger partial charge in [0.2, 0.25) is 0 Å². The van der Waals surface area contributed by atoms with Crippen molar-refractivity contribution in [3.63, 3.8) is 0 Å². The van der Waals surface area contributed by atoms with Gasteiger partial charge in [-0.05, 0) is 30.3 Å². The molecular formula is C19H15N3O4S. The number of carbonyl (C=O) groups excluding carboxylic acids is 2. The lowest BCUT2D eigenvalue weighted by Crippen LogP contribution is -2.14. The number of benzene rings is 2. The molecule has 3 N–H and O–H groups in total. The van der Waals surface area contributed by atoms with Gasteiger partial charge in [0, 0.05) is 22.2 Å². The molecule has 1 heterocycles. The number of nitrogens with zero attached hydrogens (tertiary/aromatic N) is 1. The van der Waals surface area contributed by atoms with Crippen LogP contribution in [0.15, 0.2) is 60.0 Å². The Morgan fingerprint density at radius 3 is 2.37 bits per heavy atom. The SMILES string of the molecule is O=C(O)Cc1csc(NC(=O)c2cccc(NC(=O)c3ccccc3)c2)n1. The molecule has 27 heavy (non-hydrogen) atoms. The standard InChI is InChI=1S/C19H15N3O4S/c23-16(24)10-15-11-27-19(21-15)22-18(26)13-7-4-8-14(9-13)20-17(25)12-5-2-1-3-6-12/h1-9,11H,10H2,(H,20,25)(H,23,24)(H,21,22,26). The average molecular weight is 381 g/mol. The van der Waals surface area contributed by atoms with Crippen molar-refractivity contribution >= 4 is 39.9 Å². The number of thiazole rings is 1. The van der Waals surface area contributed by atoms with E-state index in [1.807, 2.05) is 6.07 Å². The van der Waals surface area contributed by atoms with Crippen LogP contribution in [0.5, 0.6) is 0 Å². The number of hydrogen-bond acceptors (Lipinski definition) is 5. The van der Waals surface area contributed by atoms with Gasteiger partial charge in [-0.2, -0.15) is 0 Å². The molecule has 0 aliphatic carbocycles. The van der Waals surface area contributed by atoms with E-state index in [9.17, 15) is 14.4 Å². The lowest BCUT2D eigenvalue weighted by molar-refractivity contribution is -0.136. The zero-order valence-corrected chi connectivity index (χ0v) is 14.8. The first-order valence-electron chi connectivity index (χ1n) is 7.95. The topological polar surface area (TPSA) is 108 Å². The Kier molecular flexibility index (Phi) is 5.58. The van der Waals surface area contributed by atoms with Gasteiger partial charge in [-0.1, -0.05) is 24.3 Å². The minimum Gasteiger partial charge on any atom is -0.481 e. The summed E-state index contributed by atoms with van der Waals surface area (Å²) < 4.78 is 0. The number of rotatable bonds is 6. The summed E-state index contributed by atoms with van der Waals surface area (Å²) in [6, 6.07) is 15.3. The summed E-state index contributed by atoms with van der Waals surface area (Å²) in [5.74, 6) is -1.66. The summed E-state index contributed by atoms with van der Waals surface area (Å²) in [5, 5.41) is 16.0. The Morgan fingerprint density at radius 1 is 0.926 bits per heavy atom. The molecule has 0 atom stereocenters. The van der Waals surface area contributed by atoms with Gasteiger partial charge in [0.25, 0.3) is 11.8 Å². The third kappa shape index (κ3) is 4.99. The maximum Gasteiger partial charge on any atom is 0.309 e. The van der Waals surface area contributed by atoms with Crippen molar-refractivity contribution in [1.29, 1.82) is 0 Å². The third-order valence-corrected chi connectivity index (χ3v) is 4.33. The molecule has 0 saturated carbocycles. The van der Waals surface area contributed by atoms with Gasteiger partial charge >= 0.3 is 5.97 Å². The number of aromatic nitrogens is 1. The molecule has 8 heteroatoms. The molecule has 7 nitrogen and oxygen atoms in total. The van der Waals surface area contributed by atoms with Crippen molar-refractivity contribution < 1.29 is 19.5 Å². The van der Waals surface area contributed by atoms with Crippen molar-refractivity contribution in [2.24, 2.45) is 0 Å². The molecule has 1 aromatic heterocycles. The normalized spacial score (nSPS) is 10.2. The van der Waals surface area contributed by atoms with Crippen LogP contribution in [0.2, 0.25) is 0 Å². The highest BCUT2D eigenvalue weighted by molar-refractivity contribution is 7.14. The highest BCUT2D eigenvalue weighted by Gasteiger charge is 2.12. The van der Waals surface area contributed by atoms with E-state index in [4.69, 9.17) is 5.11 Å². The molecule has 0 radical (unpaired) electrons. The number of amides is 2. The van der Waals surface area contributed by atoms with Crippen LogP contribution < -0.4 is 10.6 Å². The molecule has 3 rings (SSSR count). The number of aliphatic carboxylic acids is 1. The van der Waals surface area contributed by atoms with Gasteiger partial charge in [-0.3, -0.25) is 19.7 Å². The lowest BCUT2D eigenvalue weighted by atomic mass is 10.1. The summed E-state index contributed by atoms with van der Waals surface area (Å²) in [7, 11) is 0. The predicted octanol–water partition coefficient (Wildman–Crippen LogP) is 3.27. The quantitative estimate of drug-likeness (QED) is 0.607. The van der Waals surface area contributed by atoms with Gasteiger partial charge in [0.05, 0.1) is 12.1 Å². The molecule has 0 saturated heterocycles. The predicted molar refractivity (Wildman–Crippen MR) is 102 cm³/mol. The first-order chi connectivity index (χ1) is 13.0. The molecule has 2 amide bonds. The van der Waals surface area contributed by atoms with Gasteiger partial charge in [0.1, 0.15) is 0 Å². The molecule has 0 aliphatic heterocycles. The van der Waals surface area contributed by atoms with Gasteiger partial charge in [-0.25, -0.2) is 4.98 Å². The second kappa shape index (κ2) is 8.24. The first kappa shape index (κ1) is 18.3. The van der Waals surface area contributed by atoms with E-state index < -0.39 is 11.9 Å². The van der Waals surface area contributed by atoms with E-state index in [-0.39, 0.29) is 12.3 Å².